The van der Waals surface area contributed by atoms with E-state index < -0.39 is 0 Å². The second-order valence-corrected chi connectivity index (χ2v) is 0.716. The molecule has 0 fully saturated rings. The maximum absolute atomic E-state index is 7.94. The van der Waals surface area contributed by atoms with Gasteiger partial charge in [-0.05, 0) is 0 Å². The summed E-state index contributed by atoms with van der Waals surface area (Å²) < 4.78 is 4.44. The van der Waals surface area contributed by atoms with E-state index in [4.69, 9.17) is 5.11 Å². The number of halogens is 2. The van der Waals surface area contributed by atoms with Gasteiger partial charge in [-0.1, -0.05) is 7.43 Å². The van der Waals surface area contributed by atoms with Gasteiger partial charge in [-0.3, -0.25) is 0 Å². The minimum atomic E-state index is 0. The summed E-state index contributed by atoms with van der Waals surface area (Å²) in [5.74, 6) is 0. The Bertz CT molecular complexity index is 19.5. The molecule has 0 rings (SSSR count). The number of methoxy groups -OCH3 is 1. The highest BCUT2D eigenvalue weighted by molar-refractivity contribution is 15.0. The van der Waals surface area contributed by atoms with Gasteiger partial charge in [0.25, 0.3) is 0 Å². The summed E-state index contributed by atoms with van der Waals surface area (Å²) in [5.41, 5.74) is 0. The lowest BCUT2D eigenvalue weighted by Crippen LogP contribution is -1.91. The van der Waals surface area contributed by atoms with E-state index in [0.29, 0.717) is 6.61 Å². The second kappa shape index (κ2) is 23.8. The lowest BCUT2D eigenvalue weighted by molar-refractivity contribution is 0.135. The minimum Gasteiger partial charge on any atom is -0.394 e. The van der Waals surface area contributed by atoms with Crippen LogP contribution in [0.2, 0.25) is 0 Å². The van der Waals surface area contributed by atoms with E-state index in [1.807, 2.05) is 0 Å². The average Bonchev–Trinajstić information content (AvgIpc) is 1.75. The molecule has 0 amide bonds. The molecule has 0 unspecified atom stereocenters. The van der Waals surface area contributed by atoms with Crippen molar-refractivity contribution in [1.29, 1.82) is 0 Å². The molecule has 0 saturated carbocycles. The smallest absolute Gasteiger partial charge is 0.0693 e. The molecule has 0 atom stereocenters. The highest BCUT2D eigenvalue weighted by Gasteiger charge is 1.67. The van der Waals surface area contributed by atoms with Crippen LogP contribution in [0.1, 0.15) is 7.43 Å². The largest absolute Gasteiger partial charge is 0.394 e. The number of ether oxygens (including phenoxy) is 1. The first-order valence-corrected chi connectivity index (χ1v) is 7.94. The first-order valence-electron chi connectivity index (χ1n) is 1.66. The summed E-state index contributed by atoms with van der Waals surface area (Å²) >= 11 is 4.24. The van der Waals surface area contributed by atoms with Crippen molar-refractivity contribution in [1.82, 2.24) is 0 Å². The zero-order valence-corrected chi connectivity index (χ0v) is 8.34. The Morgan fingerprint density at radius 3 is 1.88 bits per heavy atom. The van der Waals surface area contributed by atoms with Gasteiger partial charge < -0.3 is 9.84 Å². The van der Waals surface area contributed by atoms with Crippen molar-refractivity contribution in [3.8, 4) is 0 Å². The van der Waals surface area contributed by atoms with Crippen LogP contribution in [-0.4, -0.2) is 25.4 Å². The first-order chi connectivity index (χ1) is 3.41. The highest BCUT2D eigenvalue weighted by atomic mass is 128. The molecule has 0 aliphatic heterocycles. The molecule has 8 heavy (non-hydrogen) atoms. The number of hydrogen-bond donors (Lipinski definition) is 1. The molecule has 0 aromatic heterocycles. The lowest BCUT2D eigenvalue weighted by atomic mass is 10.8. The monoisotopic (exact) mass is 346 g/mol. The van der Waals surface area contributed by atoms with E-state index in [2.05, 4.69) is 42.0 Å². The fraction of sp³-hybridized carbons (Fsp3) is 1.00. The van der Waals surface area contributed by atoms with E-state index in [1.165, 1.54) is 0 Å². The molecule has 0 bridgehead atoms. The molecule has 0 aromatic rings. The van der Waals surface area contributed by atoms with E-state index in [-0.39, 0.29) is 14.0 Å². The lowest BCUT2D eigenvalue weighted by Gasteiger charge is -1.84. The Labute approximate surface area is 74.3 Å². The van der Waals surface area contributed by atoms with Crippen LogP contribution in [0.3, 0.4) is 0 Å². The molecule has 0 saturated heterocycles. The van der Waals surface area contributed by atoms with Crippen LogP contribution in [0.5, 0.6) is 0 Å². The van der Waals surface area contributed by atoms with Gasteiger partial charge in [0.05, 0.1) is 13.2 Å². The topological polar surface area (TPSA) is 29.5 Å². The van der Waals surface area contributed by atoms with E-state index in [1.54, 1.807) is 7.11 Å². The van der Waals surface area contributed by atoms with E-state index in [9.17, 15) is 0 Å². The number of rotatable bonds is 2. The van der Waals surface area contributed by atoms with Crippen LogP contribution in [0.4, 0.5) is 0 Å². The minimum absolute atomic E-state index is 0. The summed E-state index contributed by atoms with van der Waals surface area (Å²) in [6.45, 7) is 0.566. The quantitative estimate of drug-likeness (QED) is 0.776. The predicted molar refractivity (Wildman–Crippen MR) is 53.7 cm³/mol. The first kappa shape index (κ1) is 16.2. The molecular formula is C4H12I2O2. The zero-order valence-electron chi connectivity index (χ0n) is 4.03. The van der Waals surface area contributed by atoms with Crippen molar-refractivity contribution in [3.63, 3.8) is 0 Å². The fourth-order valence-electron chi connectivity index (χ4n) is 0.0913. The molecular weight excluding hydrogens is 334 g/mol. The Kier molecular flexibility index (Phi) is 48.1. The SMILES string of the molecule is C.COCCO.II. The van der Waals surface area contributed by atoms with Gasteiger partial charge in [-0.15, -0.1) is 0 Å². The summed E-state index contributed by atoms with van der Waals surface area (Å²) in [6.07, 6.45) is 0. The van der Waals surface area contributed by atoms with E-state index in [0.717, 1.165) is 0 Å². The Hall–Kier alpha value is 1.38. The summed E-state index contributed by atoms with van der Waals surface area (Å²) in [6, 6.07) is 0. The third-order valence-electron chi connectivity index (χ3n) is 0.295. The molecule has 0 aromatic carbocycles. The predicted octanol–water partition coefficient (Wildman–Crippen LogP) is 2.03. The van der Waals surface area contributed by atoms with Crippen LogP contribution in [0, 0.1) is 0 Å². The van der Waals surface area contributed by atoms with Gasteiger partial charge in [0.1, 0.15) is 0 Å². The molecule has 4 heteroatoms. The van der Waals surface area contributed by atoms with Gasteiger partial charge in [0.2, 0.25) is 0 Å². The van der Waals surface area contributed by atoms with Gasteiger partial charge in [0.15, 0.2) is 0 Å². The van der Waals surface area contributed by atoms with Crippen LogP contribution in [-0.2, 0) is 4.74 Å². The van der Waals surface area contributed by atoms with E-state index >= 15 is 0 Å². The molecule has 0 spiro atoms. The maximum Gasteiger partial charge on any atom is 0.0693 e. The normalized spacial score (nSPS) is 6.00. The molecule has 0 radical (unpaired) electrons. The van der Waals surface area contributed by atoms with Crippen LogP contribution in [0.25, 0.3) is 0 Å². The van der Waals surface area contributed by atoms with Gasteiger partial charge in [-0.2, -0.15) is 0 Å². The zero-order chi connectivity index (χ0) is 6.12. The molecule has 0 aliphatic carbocycles. The van der Waals surface area contributed by atoms with Crippen molar-refractivity contribution >= 4 is 37.2 Å². The van der Waals surface area contributed by atoms with Crippen molar-refractivity contribution in [3.05, 3.63) is 0 Å². The third kappa shape index (κ3) is 26.3. The molecule has 0 heterocycles. The number of aliphatic hydroxyl groups excluding tert-OH is 1. The van der Waals surface area contributed by atoms with Crippen molar-refractivity contribution in [2.45, 2.75) is 7.43 Å². The summed E-state index contributed by atoms with van der Waals surface area (Å²) in [5, 5.41) is 7.94. The van der Waals surface area contributed by atoms with Crippen molar-refractivity contribution < 1.29 is 9.84 Å². The fourth-order valence-corrected chi connectivity index (χ4v) is 0.0913. The van der Waals surface area contributed by atoms with Gasteiger partial charge >= 0.3 is 0 Å². The summed E-state index contributed by atoms with van der Waals surface area (Å²) in [7, 11) is 1.55. The Morgan fingerprint density at radius 2 is 1.88 bits per heavy atom. The number of aliphatic hydroxyl groups is 1. The van der Waals surface area contributed by atoms with Gasteiger partial charge in [0, 0.05) is 44.3 Å². The standard InChI is InChI=1S/C3H8O2.CH4.I2/c1-5-3-2-4;;1-2/h4H,2-3H2,1H3;1H4;. The van der Waals surface area contributed by atoms with Crippen molar-refractivity contribution in [2.75, 3.05) is 20.3 Å². The maximum atomic E-state index is 7.94. The highest BCUT2D eigenvalue weighted by Crippen LogP contribution is 1.89. The summed E-state index contributed by atoms with van der Waals surface area (Å²) in [4.78, 5) is 0. The van der Waals surface area contributed by atoms with Gasteiger partial charge in [-0.25, -0.2) is 0 Å². The van der Waals surface area contributed by atoms with Crippen LogP contribution < -0.4 is 0 Å². The average molecular weight is 346 g/mol. The number of hydrogen-bond acceptors (Lipinski definition) is 2. The van der Waals surface area contributed by atoms with Crippen LogP contribution in [0.15, 0.2) is 0 Å². The van der Waals surface area contributed by atoms with Crippen molar-refractivity contribution in [2.24, 2.45) is 0 Å². The third-order valence-corrected chi connectivity index (χ3v) is 0.295. The second-order valence-electron chi connectivity index (χ2n) is 0.716. The van der Waals surface area contributed by atoms with Crippen LogP contribution >= 0.6 is 37.2 Å². The molecule has 1 N–H and O–H groups in total. The molecule has 0 aliphatic rings. The Morgan fingerprint density at radius 1 is 1.50 bits per heavy atom. The Balaban J connectivity index is -0.0000000750. The molecule has 2 nitrogen and oxygen atoms in total. The molecule has 54 valence electrons.